The number of carbonyl (C=O) groups is 1. The number of hydrogen-bond donors (Lipinski definition) is 0. The Hall–Kier alpha value is -1.38. The maximum Gasteiger partial charge on any atom is 0.228 e. The Morgan fingerprint density at radius 2 is 1.79 bits per heavy atom. The molecule has 4 aliphatic carbocycles. The van der Waals surface area contributed by atoms with Crippen LogP contribution in [0.1, 0.15) is 56.1 Å². The number of carbonyl (C=O) groups excluding carboxylic acids is 1. The maximum atomic E-state index is 13.7. The predicted molar refractivity (Wildman–Crippen MR) is 116 cm³/mol. The molecule has 0 aromatic heterocycles. The second-order valence-corrected chi connectivity index (χ2v) is 11.8. The van der Waals surface area contributed by atoms with Crippen molar-refractivity contribution in [1.29, 1.82) is 5.26 Å². The lowest BCUT2D eigenvalue weighted by molar-refractivity contribution is -0.155. The average molecular weight is 456 g/mol. The zero-order chi connectivity index (χ0) is 20.1. The number of alkyl halides is 1. The summed E-state index contributed by atoms with van der Waals surface area (Å²) >= 11 is 4.06. The number of hydrogen-bond acceptors (Lipinski definition) is 3. The first-order valence-corrected chi connectivity index (χ1v) is 12.0. The van der Waals surface area contributed by atoms with E-state index < -0.39 is 0 Å². The third kappa shape index (κ3) is 3.75. The molecular weight excluding hydrogens is 426 g/mol. The highest BCUT2D eigenvalue weighted by Crippen LogP contribution is 2.64. The number of benzene rings is 1. The van der Waals surface area contributed by atoms with Crippen molar-refractivity contribution in [3.63, 3.8) is 0 Å². The molecule has 1 amide bonds. The molecule has 5 heteroatoms. The van der Waals surface area contributed by atoms with Crippen LogP contribution in [0.4, 0.5) is 0 Å². The van der Waals surface area contributed by atoms with Crippen molar-refractivity contribution in [2.75, 3.05) is 26.2 Å². The average Bonchev–Trinajstić information content (AvgIpc) is 2.91. The van der Waals surface area contributed by atoms with E-state index >= 15 is 0 Å². The van der Waals surface area contributed by atoms with Crippen molar-refractivity contribution in [3.8, 4) is 6.07 Å². The summed E-state index contributed by atoms with van der Waals surface area (Å²) in [5.74, 6) is 1.95. The predicted octanol–water partition coefficient (Wildman–Crippen LogP) is 4.33. The monoisotopic (exact) mass is 455 g/mol. The van der Waals surface area contributed by atoms with E-state index in [-0.39, 0.29) is 9.74 Å². The van der Waals surface area contributed by atoms with Crippen LogP contribution in [-0.4, -0.2) is 46.2 Å². The molecule has 0 spiro atoms. The highest BCUT2D eigenvalue weighted by molar-refractivity contribution is 9.10. The fourth-order valence-electron chi connectivity index (χ4n) is 7.01. The van der Waals surface area contributed by atoms with Gasteiger partial charge in [-0.2, -0.15) is 5.26 Å². The first kappa shape index (κ1) is 19.6. The summed E-state index contributed by atoms with van der Waals surface area (Å²) in [7, 11) is 0. The van der Waals surface area contributed by atoms with Gasteiger partial charge in [0.25, 0.3) is 0 Å². The van der Waals surface area contributed by atoms with Crippen LogP contribution < -0.4 is 0 Å². The zero-order valence-corrected chi connectivity index (χ0v) is 18.7. The summed E-state index contributed by atoms with van der Waals surface area (Å²) < 4.78 is 0.236. The number of amides is 1. The molecule has 4 saturated carbocycles. The topological polar surface area (TPSA) is 47.3 Å². The molecule has 4 bridgehead atoms. The van der Waals surface area contributed by atoms with Crippen molar-refractivity contribution < 1.29 is 4.79 Å². The van der Waals surface area contributed by atoms with Gasteiger partial charge in [0.1, 0.15) is 0 Å². The number of rotatable bonds is 3. The highest BCUT2D eigenvalue weighted by atomic mass is 79.9. The van der Waals surface area contributed by atoms with Crippen molar-refractivity contribution in [3.05, 3.63) is 35.4 Å². The van der Waals surface area contributed by atoms with E-state index in [0.29, 0.717) is 11.5 Å². The molecule has 5 fully saturated rings. The minimum atomic E-state index is -0.0874. The molecular formula is C24H30BrN3O. The first-order chi connectivity index (χ1) is 14.0. The molecule has 1 aliphatic heterocycles. The van der Waals surface area contributed by atoms with Gasteiger partial charge in [0.05, 0.1) is 17.0 Å². The molecule has 4 nitrogen and oxygen atoms in total. The lowest BCUT2D eigenvalue weighted by Gasteiger charge is -2.60. The molecule has 0 radical (unpaired) electrons. The van der Waals surface area contributed by atoms with E-state index in [0.717, 1.165) is 70.2 Å². The van der Waals surface area contributed by atoms with E-state index in [1.165, 1.54) is 24.8 Å². The van der Waals surface area contributed by atoms with Gasteiger partial charge in [-0.25, -0.2) is 0 Å². The van der Waals surface area contributed by atoms with Crippen LogP contribution in [0.5, 0.6) is 0 Å². The fourth-order valence-corrected chi connectivity index (χ4v) is 8.46. The number of nitriles is 1. The van der Waals surface area contributed by atoms with Crippen LogP contribution in [0.2, 0.25) is 0 Å². The second kappa shape index (κ2) is 7.39. The van der Waals surface area contributed by atoms with Crippen molar-refractivity contribution in [2.45, 2.75) is 55.8 Å². The van der Waals surface area contributed by atoms with Crippen molar-refractivity contribution in [2.24, 2.45) is 17.3 Å². The summed E-state index contributed by atoms with van der Waals surface area (Å²) in [5, 5.41) is 8.97. The lowest BCUT2D eigenvalue weighted by Crippen LogP contribution is -2.59. The third-order valence-corrected chi connectivity index (χ3v) is 8.74. The molecule has 29 heavy (non-hydrogen) atoms. The van der Waals surface area contributed by atoms with Gasteiger partial charge in [0.15, 0.2) is 0 Å². The Morgan fingerprint density at radius 1 is 1.07 bits per heavy atom. The summed E-state index contributed by atoms with van der Waals surface area (Å²) in [4.78, 5) is 18.4. The van der Waals surface area contributed by atoms with Gasteiger partial charge in [-0.3, -0.25) is 9.69 Å². The Labute approximate surface area is 182 Å². The molecule has 0 N–H and O–H groups in total. The molecule has 2 unspecified atom stereocenters. The van der Waals surface area contributed by atoms with E-state index in [4.69, 9.17) is 5.26 Å². The Kier molecular flexibility index (Phi) is 4.99. The van der Waals surface area contributed by atoms with E-state index in [2.05, 4.69) is 43.9 Å². The Balaban J connectivity index is 1.24. The second-order valence-electron chi connectivity index (χ2n) is 10.1. The third-order valence-electron chi connectivity index (χ3n) is 7.81. The van der Waals surface area contributed by atoms with Crippen LogP contribution in [0.25, 0.3) is 0 Å². The van der Waals surface area contributed by atoms with Crippen molar-refractivity contribution in [1.82, 2.24) is 9.80 Å². The summed E-state index contributed by atoms with van der Waals surface area (Å²) in [6.07, 6.45) is 8.25. The van der Waals surface area contributed by atoms with Gasteiger partial charge in [-0.1, -0.05) is 28.1 Å². The normalized spacial score (nSPS) is 36.6. The summed E-state index contributed by atoms with van der Waals surface area (Å²) in [6.45, 7) is 4.61. The molecule has 1 aromatic rings. The van der Waals surface area contributed by atoms with Gasteiger partial charge in [0.2, 0.25) is 5.91 Å². The molecule has 6 rings (SSSR count). The minimum Gasteiger partial charge on any atom is -0.341 e. The summed E-state index contributed by atoms with van der Waals surface area (Å²) in [6, 6.07) is 10.1. The van der Waals surface area contributed by atoms with Crippen LogP contribution in [0.3, 0.4) is 0 Å². The fraction of sp³-hybridized carbons (Fsp3) is 0.667. The van der Waals surface area contributed by atoms with Crippen LogP contribution >= 0.6 is 15.9 Å². The number of halogens is 1. The largest absolute Gasteiger partial charge is 0.341 e. The molecule has 2 atom stereocenters. The first-order valence-electron chi connectivity index (χ1n) is 11.2. The van der Waals surface area contributed by atoms with Gasteiger partial charge < -0.3 is 4.90 Å². The number of nitrogens with zero attached hydrogens (tertiary/aromatic N) is 3. The molecule has 1 heterocycles. The smallest absolute Gasteiger partial charge is 0.228 e. The van der Waals surface area contributed by atoms with Gasteiger partial charge >= 0.3 is 0 Å². The Bertz CT molecular complexity index is 816. The standard InChI is InChI=1S/C24H30BrN3O/c25-24-13-20-10-21(14-24)12-23(11-20,17-24)22(29)28-7-1-6-27(8-9-28)16-19-4-2-18(15-26)3-5-19/h2-5,20-21H,1,6-14,16-17H2. The van der Waals surface area contributed by atoms with E-state index in [1.807, 2.05) is 12.1 Å². The molecule has 1 saturated heterocycles. The molecule has 154 valence electrons. The molecule has 5 aliphatic rings. The lowest BCUT2D eigenvalue weighted by atomic mass is 9.49. The van der Waals surface area contributed by atoms with Crippen LogP contribution in [0.15, 0.2) is 24.3 Å². The van der Waals surface area contributed by atoms with E-state index in [9.17, 15) is 4.79 Å². The van der Waals surface area contributed by atoms with Crippen LogP contribution in [0, 0.1) is 28.6 Å². The van der Waals surface area contributed by atoms with E-state index in [1.54, 1.807) is 0 Å². The van der Waals surface area contributed by atoms with Crippen molar-refractivity contribution >= 4 is 21.8 Å². The highest BCUT2D eigenvalue weighted by Gasteiger charge is 2.60. The van der Waals surface area contributed by atoms with Gasteiger partial charge in [0, 0.05) is 37.0 Å². The Morgan fingerprint density at radius 3 is 2.45 bits per heavy atom. The van der Waals surface area contributed by atoms with Gasteiger partial charge in [-0.05, 0) is 74.5 Å². The molecule has 1 aromatic carbocycles. The minimum absolute atomic E-state index is 0.0874. The quantitative estimate of drug-likeness (QED) is 0.637. The van der Waals surface area contributed by atoms with Crippen LogP contribution in [-0.2, 0) is 11.3 Å². The maximum absolute atomic E-state index is 13.7. The summed E-state index contributed by atoms with van der Waals surface area (Å²) in [5.41, 5.74) is 1.86. The van der Waals surface area contributed by atoms with Gasteiger partial charge in [-0.15, -0.1) is 0 Å². The zero-order valence-electron chi connectivity index (χ0n) is 17.1. The SMILES string of the molecule is N#Cc1ccc(CN2CCCN(C(=O)C34CC5CC(CC(Br)(C5)C3)C4)CC2)cc1.